The number of halogens is 2. The number of nitrogens with two attached hydrogens (primary N) is 1. The lowest BCUT2D eigenvalue weighted by atomic mass is 10.1. The van der Waals surface area contributed by atoms with Gasteiger partial charge in [-0.3, -0.25) is 9.69 Å². The monoisotopic (exact) mass is 470 g/mol. The first kappa shape index (κ1) is 22.5. The molecule has 32 heavy (non-hydrogen) atoms. The third-order valence-electron chi connectivity index (χ3n) is 5.34. The Kier molecular flexibility index (Phi) is 6.60. The van der Waals surface area contributed by atoms with E-state index in [9.17, 15) is 4.79 Å². The quantitative estimate of drug-likeness (QED) is 0.487. The fourth-order valence-electron chi connectivity index (χ4n) is 3.83. The predicted octanol–water partition coefficient (Wildman–Crippen LogP) is 5.61. The van der Waals surface area contributed by atoms with Crippen molar-refractivity contribution in [1.82, 2.24) is 0 Å². The molecule has 0 fully saturated rings. The van der Waals surface area contributed by atoms with E-state index in [2.05, 4.69) is 0 Å². The molecule has 7 heteroatoms. The van der Waals surface area contributed by atoms with Crippen LogP contribution >= 0.6 is 23.2 Å². The second-order valence-electron chi connectivity index (χ2n) is 7.63. The maximum Gasteiger partial charge on any atom is 0.332 e. The third-order valence-corrected chi connectivity index (χ3v) is 5.78. The van der Waals surface area contributed by atoms with Crippen LogP contribution in [0.3, 0.4) is 0 Å². The van der Waals surface area contributed by atoms with Crippen molar-refractivity contribution in [3.8, 4) is 11.5 Å². The summed E-state index contributed by atoms with van der Waals surface area (Å²) in [6.45, 7) is 2.67. The maximum absolute atomic E-state index is 13.8. The highest BCUT2D eigenvalue weighted by atomic mass is 35.5. The molecule has 3 aromatic carbocycles. The summed E-state index contributed by atoms with van der Waals surface area (Å²) in [6, 6.07) is 20.2. The number of para-hydroxylation sites is 2. The zero-order valence-corrected chi connectivity index (χ0v) is 19.2. The molecule has 1 unspecified atom stereocenters. The molecule has 166 valence electrons. The van der Waals surface area contributed by atoms with Crippen LogP contribution in [0.1, 0.15) is 24.5 Å². The average molecular weight is 471 g/mol. The van der Waals surface area contributed by atoms with Gasteiger partial charge in [-0.15, -0.1) is 0 Å². The first-order valence-corrected chi connectivity index (χ1v) is 11.2. The Labute approximate surface area is 197 Å². The first-order chi connectivity index (χ1) is 15.4. The van der Waals surface area contributed by atoms with Gasteiger partial charge in [0.1, 0.15) is 11.5 Å². The van der Waals surface area contributed by atoms with E-state index in [4.69, 9.17) is 38.4 Å². The van der Waals surface area contributed by atoms with Crippen LogP contribution in [0.5, 0.6) is 11.5 Å². The molecule has 1 heterocycles. The Morgan fingerprint density at radius 3 is 2.47 bits per heavy atom. The minimum atomic E-state index is -1.50. The number of amides is 1. The predicted molar refractivity (Wildman–Crippen MR) is 128 cm³/mol. The fourth-order valence-corrected chi connectivity index (χ4v) is 4.40. The third kappa shape index (κ3) is 4.56. The molecule has 0 aliphatic carbocycles. The van der Waals surface area contributed by atoms with Gasteiger partial charge >= 0.3 is 11.7 Å². The molecule has 1 aliphatic rings. The highest BCUT2D eigenvalue weighted by molar-refractivity contribution is 6.34. The molecule has 3 aromatic rings. The van der Waals surface area contributed by atoms with Gasteiger partial charge in [0, 0.05) is 16.5 Å². The number of benzene rings is 3. The van der Waals surface area contributed by atoms with Crippen molar-refractivity contribution >= 4 is 34.8 Å². The number of hydrogen-bond acceptors (Lipinski definition) is 4. The number of rotatable bonds is 7. The number of nitrogens with zero attached hydrogens (tertiary/aromatic N) is 1. The van der Waals surface area contributed by atoms with Gasteiger partial charge in [-0.05, 0) is 66.6 Å². The van der Waals surface area contributed by atoms with Crippen LogP contribution in [0.15, 0.2) is 66.7 Å². The van der Waals surface area contributed by atoms with Gasteiger partial charge in [-0.2, -0.15) is 0 Å². The number of anilines is 1. The van der Waals surface area contributed by atoms with Crippen LogP contribution in [0.4, 0.5) is 5.69 Å². The van der Waals surface area contributed by atoms with Gasteiger partial charge in [-0.25, -0.2) is 0 Å². The number of hydrogen-bond donors (Lipinski definition) is 1. The number of carbonyl (C=O) groups excluding carboxylic acids is 1. The Bertz CT molecular complexity index is 1120. The highest BCUT2D eigenvalue weighted by Gasteiger charge is 2.49. The lowest BCUT2D eigenvalue weighted by Crippen LogP contribution is -2.59. The van der Waals surface area contributed by atoms with E-state index in [-0.39, 0.29) is 12.5 Å². The topological polar surface area (TPSA) is 64.8 Å². The Morgan fingerprint density at radius 2 is 1.75 bits per heavy atom. The molecule has 5 nitrogen and oxygen atoms in total. The molecule has 4 rings (SSSR count). The van der Waals surface area contributed by atoms with Crippen LogP contribution in [-0.4, -0.2) is 18.2 Å². The van der Waals surface area contributed by atoms with Gasteiger partial charge in [-0.1, -0.05) is 54.4 Å². The van der Waals surface area contributed by atoms with E-state index in [1.807, 2.05) is 55.5 Å². The molecule has 1 atom stereocenters. The fraction of sp³-hybridized carbons (Fsp3) is 0.240. The lowest BCUT2D eigenvalue weighted by molar-refractivity contribution is -0.167. The van der Waals surface area contributed by atoms with Crippen LogP contribution in [0.2, 0.25) is 10.0 Å². The second-order valence-corrected chi connectivity index (χ2v) is 8.51. The minimum Gasteiger partial charge on any atom is -0.444 e. The van der Waals surface area contributed by atoms with E-state index in [1.165, 1.54) is 0 Å². The summed E-state index contributed by atoms with van der Waals surface area (Å²) < 4.78 is 12.5. The smallest absolute Gasteiger partial charge is 0.332 e. The first-order valence-electron chi connectivity index (χ1n) is 10.5. The summed E-state index contributed by atoms with van der Waals surface area (Å²) in [7, 11) is 0. The Balaban J connectivity index is 1.73. The summed E-state index contributed by atoms with van der Waals surface area (Å²) in [4.78, 5) is 15.5. The molecule has 0 saturated carbocycles. The van der Waals surface area contributed by atoms with Gasteiger partial charge in [0.25, 0.3) is 0 Å². The Hall–Kier alpha value is -2.73. The van der Waals surface area contributed by atoms with E-state index < -0.39 is 5.79 Å². The average Bonchev–Trinajstić information content (AvgIpc) is 2.76. The zero-order valence-electron chi connectivity index (χ0n) is 17.7. The highest BCUT2D eigenvalue weighted by Crippen LogP contribution is 2.41. The largest absolute Gasteiger partial charge is 0.444 e. The van der Waals surface area contributed by atoms with E-state index in [1.54, 1.807) is 23.1 Å². The molecule has 0 radical (unpaired) electrons. The van der Waals surface area contributed by atoms with E-state index in [0.29, 0.717) is 40.2 Å². The lowest BCUT2D eigenvalue weighted by Gasteiger charge is -2.41. The van der Waals surface area contributed by atoms with E-state index in [0.717, 1.165) is 17.5 Å². The summed E-state index contributed by atoms with van der Waals surface area (Å²) in [5.41, 5.74) is 8.20. The van der Waals surface area contributed by atoms with Gasteiger partial charge in [0.2, 0.25) is 0 Å². The Morgan fingerprint density at radius 1 is 1.00 bits per heavy atom. The molecular formula is C25H24Cl2N2O3. The van der Waals surface area contributed by atoms with Gasteiger partial charge < -0.3 is 15.2 Å². The molecule has 0 saturated heterocycles. The number of ether oxygens (including phenoxy) is 2. The summed E-state index contributed by atoms with van der Waals surface area (Å²) in [6.07, 6.45) is 1.03. The summed E-state index contributed by atoms with van der Waals surface area (Å²) in [5, 5.41) is 1.02. The minimum absolute atomic E-state index is 0.276. The van der Waals surface area contributed by atoms with Crippen molar-refractivity contribution in [2.24, 2.45) is 5.73 Å². The second kappa shape index (κ2) is 9.41. The van der Waals surface area contributed by atoms with Crippen molar-refractivity contribution in [2.45, 2.75) is 32.1 Å². The molecule has 0 spiro atoms. The molecule has 2 N–H and O–H groups in total. The molecule has 1 amide bonds. The van der Waals surface area contributed by atoms with Crippen molar-refractivity contribution in [2.75, 3.05) is 11.4 Å². The molecule has 1 aliphatic heterocycles. The molecule has 0 aromatic heterocycles. The van der Waals surface area contributed by atoms with Crippen LogP contribution in [0, 0.1) is 0 Å². The van der Waals surface area contributed by atoms with Crippen molar-refractivity contribution in [3.05, 3.63) is 87.9 Å². The van der Waals surface area contributed by atoms with Crippen molar-refractivity contribution in [3.63, 3.8) is 0 Å². The molecular weight excluding hydrogens is 447 g/mol. The van der Waals surface area contributed by atoms with Crippen LogP contribution < -0.4 is 20.1 Å². The van der Waals surface area contributed by atoms with Crippen molar-refractivity contribution in [1.29, 1.82) is 0 Å². The van der Waals surface area contributed by atoms with Gasteiger partial charge in [0.05, 0.1) is 12.2 Å². The SMILES string of the molecule is CCC1(Oc2cccc(CCN)c2)Oc2ccccc2N(Cc2cc(Cl)cc(Cl)c2)C1=O. The molecule has 0 bridgehead atoms. The standard InChI is InChI=1S/C25H24Cl2N2O3/c1-2-25(31-21-7-5-6-17(14-21)10-11-28)24(30)29(22-8-3-4-9-23(22)32-25)16-18-12-19(26)15-20(27)13-18/h3-9,12-15H,2,10-11,16,28H2,1H3. The van der Waals surface area contributed by atoms with Gasteiger partial charge in [0.15, 0.2) is 0 Å². The van der Waals surface area contributed by atoms with Crippen LogP contribution in [-0.2, 0) is 17.8 Å². The summed E-state index contributed by atoms with van der Waals surface area (Å²) >= 11 is 12.4. The van der Waals surface area contributed by atoms with Crippen LogP contribution in [0.25, 0.3) is 0 Å². The maximum atomic E-state index is 13.8. The summed E-state index contributed by atoms with van der Waals surface area (Å²) in [5.74, 6) is -0.673. The van der Waals surface area contributed by atoms with Crippen molar-refractivity contribution < 1.29 is 14.3 Å². The normalized spacial score (nSPS) is 17.6. The van der Waals surface area contributed by atoms with E-state index >= 15 is 0 Å². The number of carbonyl (C=O) groups is 1. The zero-order chi connectivity index (χ0) is 22.7. The number of fused-ring (bicyclic) bond motifs is 1.